The van der Waals surface area contributed by atoms with Crippen molar-refractivity contribution in [2.45, 2.75) is 40.2 Å². The van der Waals surface area contributed by atoms with E-state index in [9.17, 15) is 0 Å². The number of nitrogens with zero attached hydrogens (tertiary/aromatic N) is 3. The van der Waals surface area contributed by atoms with Crippen LogP contribution in [0.3, 0.4) is 0 Å². The maximum absolute atomic E-state index is 4.66. The first-order valence-electron chi connectivity index (χ1n) is 8.02. The van der Waals surface area contributed by atoms with E-state index in [1.807, 2.05) is 17.5 Å². The standard InChI is InChI=1S/C16H32N4S/c1-7-8-17-14(4)15-11-18-16(21-15)20(12-13(2)3)10-9-19(5)6/h11,13-14,17H,7-10,12H2,1-6H3. The number of thiazole rings is 1. The summed E-state index contributed by atoms with van der Waals surface area (Å²) < 4.78 is 0. The molecule has 0 aliphatic rings. The Balaban J connectivity index is 2.71. The summed E-state index contributed by atoms with van der Waals surface area (Å²) in [6, 6.07) is 0.394. The van der Waals surface area contributed by atoms with Gasteiger partial charge in [0, 0.05) is 36.8 Å². The molecule has 0 saturated heterocycles. The fraction of sp³-hybridized carbons (Fsp3) is 0.812. The molecule has 4 nitrogen and oxygen atoms in total. The van der Waals surface area contributed by atoms with Crippen molar-refractivity contribution in [3.05, 3.63) is 11.1 Å². The molecule has 0 saturated carbocycles. The average molecular weight is 313 g/mol. The second-order valence-corrected chi connectivity index (χ2v) is 7.40. The summed E-state index contributed by atoms with van der Waals surface area (Å²) in [5.74, 6) is 0.648. The number of hydrogen-bond acceptors (Lipinski definition) is 5. The number of likely N-dealkylation sites (N-methyl/N-ethyl adjacent to an activating group) is 1. The highest BCUT2D eigenvalue weighted by molar-refractivity contribution is 7.15. The lowest BCUT2D eigenvalue weighted by Gasteiger charge is -2.25. The predicted molar refractivity (Wildman–Crippen MR) is 94.4 cm³/mol. The number of nitrogens with one attached hydrogen (secondary N) is 1. The fourth-order valence-corrected chi connectivity index (χ4v) is 3.09. The summed E-state index contributed by atoms with van der Waals surface area (Å²) in [5.41, 5.74) is 0. The maximum Gasteiger partial charge on any atom is 0.185 e. The van der Waals surface area contributed by atoms with Gasteiger partial charge in [0.1, 0.15) is 0 Å². The molecular formula is C16H32N4S. The molecule has 1 heterocycles. The second kappa shape index (κ2) is 9.38. The molecule has 0 aliphatic heterocycles. The van der Waals surface area contributed by atoms with Gasteiger partial charge in [0.25, 0.3) is 0 Å². The highest BCUT2D eigenvalue weighted by Crippen LogP contribution is 2.27. The van der Waals surface area contributed by atoms with E-state index in [0.717, 1.165) is 37.7 Å². The minimum atomic E-state index is 0.394. The third kappa shape index (κ3) is 6.76. The lowest BCUT2D eigenvalue weighted by Crippen LogP contribution is -2.34. The summed E-state index contributed by atoms with van der Waals surface area (Å²) in [7, 11) is 4.25. The Morgan fingerprint density at radius 1 is 1.24 bits per heavy atom. The largest absolute Gasteiger partial charge is 0.347 e. The van der Waals surface area contributed by atoms with E-state index in [2.05, 4.69) is 61.9 Å². The molecule has 5 heteroatoms. The summed E-state index contributed by atoms with van der Waals surface area (Å²) in [5, 5.41) is 4.69. The molecule has 1 rings (SSSR count). The molecule has 0 bridgehead atoms. The van der Waals surface area contributed by atoms with Crippen molar-refractivity contribution in [1.82, 2.24) is 15.2 Å². The van der Waals surface area contributed by atoms with Crippen molar-refractivity contribution in [1.29, 1.82) is 0 Å². The summed E-state index contributed by atoms with van der Waals surface area (Å²) in [6.07, 6.45) is 3.20. The molecule has 1 N–H and O–H groups in total. The van der Waals surface area contributed by atoms with Crippen molar-refractivity contribution in [3.8, 4) is 0 Å². The molecule has 21 heavy (non-hydrogen) atoms. The van der Waals surface area contributed by atoms with Crippen LogP contribution in [0, 0.1) is 5.92 Å². The Hall–Kier alpha value is -0.650. The van der Waals surface area contributed by atoms with E-state index < -0.39 is 0 Å². The first-order chi connectivity index (χ1) is 9.93. The van der Waals surface area contributed by atoms with Crippen LogP contribution < -0.4 is 10.2 Å². The Morgan fingerprint density at radius 3 is 2.52 bits per heavy atom. The summed E-state index contributed by atoms with van der Waals surface area (Å²) in [6.45, 7) is 13.2. The molecule has 122 valence electrons. The van der Waals surface area contributed by atoms with Gasteiger partial charge in [0.05, 0.1) is 0 Å². The van der Waals surface area contributed by atoms with Crippen molar-refractivity contribution >= 4 is 16.5 Å². The molecular weight excluding hydrogens is 280 g/mol. The van der Waals surface area contributed by atoms with Crippen molar-refractivity contribution < 1.29 is 0 Å². The topological polar surface area (TPSA) is 31.4 Å². The normalized spacial score (nSPS) is 13.1. The van der Waals surface area contributed by atoms with Gasteiger partial charge in [-0.1, -0.05) is 20.8 Å². The SMILES string of the molecule is CCCNC(C)c1cnc(N(CCN(C)C)CC(C)C)s1. The van der Waals surface area contributed by atoms with E-state index in [-0.39, 0.29) is 0 Å². The summed E-state index contributed by atoms with van der Waals surface area (Å²) >= 11 is 1.83. The quantitative estimate of drug-likeness (QED) is 0.719. The van der Waals surface area contributed by atoms with Crippen molar-refractivity contribution in [3.63, 3.8) is 0 Å². The Bertz CT molecular complexity index is 389. The van der Waals surface area contributed by atoms with E-state index >= 15 is 0 Å². The van der Waals surface area contributed by atoms with Crippen LogP contribution in [-0.4, -0.2) is 50.2 Å². The molecule has 1 aromatic rings. The van der Waals surface area contributed by atoms with Crippen LogP contribution in [-0.2, 0) is 0 Å². The third-order valence-electron chi connectivity index (χ3n) is 3.31. The van der Waals surface area contributed by atoms with E-state index in [4.69, 9.17) is 0 Å². The number of hydrogen-bond donors (Lipinski definition) is 1. The minimum absolute atomic E-state index is 0.394. The van der Waals surface area contributed by atoms with Gasteiger partial charge in [-0.2, -0.15) is 0 Å². The molecule has 1 atom stereocenters. The Kier molecular flexibility index (Phi) is 8.22. The molecule has 0 aliphatic carbocycles. The zero-order chi connectivity index (χ0) is 15.8. The molecule has 0 amide bonds. The zero-order valence-corrected chi connectivity index (χ0v) is 15.3. The van der Waals surface area contributed by atoms with Gasteiger partial charge in [0.15, 0.2) is 5.13 Å². The lowest BCUT2D eigenvalue weighted by atomic mass is 10.2. The van der Waals surface area contributed by atoms with Gasteiger partial charge in [-0.3, -0.25) is 0 Å². The van der Waals surface area contributed by atoms with E-state index in [0.29, 0.717) is 12.0 Å². The first-order valence-corrected chi connectivity index (χ1v) is 8.84. The smallest absolute Gasteiger partial charge is 0.185 e. The van der Waals surface area contributed by atoms with Crippen LogP contribution in [0.5, 0.6) is 0 Å². The van der Waals surface area contributed by atoms with Gasteiger partial charge >= 0.3 is 0 Å². The average Bonchev–Trinajstić information content (AvgIpc) is 2.89. The molecule has 1 unspecified atom stereocenters. The van der Waals surface area contributed by atoms with Gasteiger partial charge in [-0.15, -0.1) is 11.3 Å². The number of aromatic nitrogens is 1. The molecule has 1 aromatic heterocycles. The molecule has 0 fully saturated rings. The fourth-order valence-electron chi connectivity index (χ4n) is 2.11. The molecule has 0 aromatic carbocycles. The van der Waals surface area contributed by atoms with Crippen molar-refractivity contribution in [2.24, 2.45) is 5.92 Å². The summed E-state index contributed by atoms with van der Waals surface area (Å²) in [4.78, 5) is 10.6. The van der Waals surface area contributed by atoms with Crippen LogP contribution in [0.15, 0.2) is 6.20 Å². The number of rotatable bonds is 10. The Morgan fingerprint density at radius 2 is 1.95 bits per heavy atom. The van der Waals surface area contributed by atoms with Gasteiger partial charge in [-0.05, 0) is 39.9 Å². The van der Waals surface area contributed by atoms with Crippen LogP contribution >= 0.6 is 11.3 Å². The van der Waals surface area contributed by atoms with E-state index in [1.54, 1.807) is 0 Å². The lowest BCUT2D eigenvalue weighted by molar-refractivity contribution is 0.409. The Labute approximate surface area is 134 Å². The van der Waals surface area contributed by atoms with Crippen LogP contribution in [0.1, 0.15) is 45.0 Å². The highest BCUT2D eigenvalue weighted by atomic mass is 32.1. The molecule has 0 spiro atoms. The first kappa shape index (κ1) is 18.4. The van der Waals surface area contributed by atoms with Gasteiger partial charge in [-0.25, -0.2) is 4.98 Å². The predicted octanol–water partition coefficient (Wildman–Crippen LogP) is 3.23. The van der Waals surface area contributed by atoms with Crippen LogP contribution in [0.2, 0.25) is 0 Å². The van der Waals surface area contributed by atoms with Crippen molar-refractivity contribution in [2.75, 3.05) is 45.2 Å². The monoisotopic (exact) mass is 312 g/mol. The van der Waals surface area contributed by atoms with Crippen LogP contribution in [0.25, 0.3) is 0 Å². The van der Waals surface area contributed by atoms with Gasteiger partial charge in [0.2, 0.25) is 0 Å². The van der Waals surface area contributed by atoms with Crippen LogP contribution in [0.4, 0.5) is 5.13 Å². The number of anilines is 1. The van der Waals surface area contributed by atoms with E-state index in [1.165, 1.54) is 4.88 Å². The second-order valence-electron chi connectivity index (χ2n) is 6.36. The van der Waals surface area contributed by atoms with Gasteiger partial charge < -0.3 is 15.1 Å². The highest BCUT2D eigenvalue weighted by Gasteiger charge is 2.15. The molecule has 0 radical (unpaired) electrons. The third-order valence-corrected chi connectivity index (χ3v) is 4.55. The minimum Gasteiger partial charge on any atom is -0.347 e. The zero-order valence-electron chi connectivity index (χ0n) is 14.5. The maximum atomic E-state index is 4.66.